The molecule has 1 saturated heterocycles. The van der Waals surface area contributed by atoms with Crippen LogP contribution in [0.3, 0.4) is 0 Å². The van der Waals surface area contributed by atoms with Gasteiger partial charge in [-0.05, 0) is 13.3 Å². The number of nitrogens with zero attached hydrogens (tertiary/aromatic N) is 5. The topological polar surface area (TPSA) is 90.9 Å². The molecule has 2 rings (SSSR count). The monoisotopic (exact) mass is 278 g/mol. The third kappa shape index (κ3) is 3.16. The maximum Gasteiger partial charge on any atom is 0.156 e. The predicted molar refractivity (Wildman–Crippen MR) is 78.0 cm³/mol. The van der Waals surface area contributed by atoms with Gasteiger partial charge in [-0.15, -0.1) is 0 Å². The molecule has 0 radical (unpaired) electrons. The number of amidine groups is 1. The van der Waals surface area contributed by atoms with Crippen molar-refractivity contribution < 1.29 is 5.21 Å². The van der Waals surface area contributed by atoms with Crippen LogP contribution in [0.4, 0.5) is 5.82 Å². The van der Waals surface area contributed by atoms with E-state index in [1.165, 1.54) is 0 Å². The molecule has 1 aromatic heterocycles. The number of oxime groups is 1. The summed E-state index contributed by atoms with van der Waals surface area (Å²) in [4.78, 5) is 12.9. The molecule has 0 aliphatic carbocycles. The molecule has 1 aliphatic heterocycles. The third-order valence-corrected chi connectivity index (χ3v) is 3.71. The SMILES string of the molecule is CCC(C(N)=NO)N1CCN(c2cc(C)ncn2)CC1. The molecule has 1 aromatic rings. The van der Waals surface area contributed by atoms with Gasteiger partial charge in [-0.25, -0.2) is 9.97 Å². The van der Waals surface area contributed by atoms with E-state index in [0.29, 0.717) is 5.84 Å². The molecule has 1 atom stereocenters. The second kappa shape index (κ2) is 6.51. The quantitative estimate of drug-likeness (QED) is 0.359. The molecular weight excluding hydrogens is 256 g/mol. The van der Waals surface area contributed by atoms with Crippen LogP contribution in [0.5, 0.6) is 0 Å². The van der Waals surface area contributed by atoms with Crippen molar-refractivity contribution in [2.45, 2.75) is 26.3 Å². The molecule has 20 heavy (non-hydrogen) atoms. The first-order chi connectivity index (χ1) is 9.65. The normalized spacial score (nSPS) is 19.1. The van der Waals surface area contributed by atoms with E-state index < -0.39 is 0 Å². The highest BCUT2D eigenvalue weighted by Gasteiger charge is 2.25. The number of rotatable bonds is 4. The van der Waals surface area contributed by atoms with Gasteiger partial charge in [0.25, 0.3) is 0 Å². The average Bonchev–Trinajstić information content (AvgIpc) is 2.48. The van der Waals surface area contributed by atoms with Crippen molar-refractivity contribution in [1.29, 1.82) is 0 Å². The van der Waals surface area contributed by atoms with E-state index in [1.54, 1.807) is 6.33 Å². The first-order valence-electron chi connectivity index (χ1n) is 6.90. The van der Waals surface area contributed by atoms with E-state index in [9.17, 15) is 0 Å². The lowest BCUT2D eigenvalue weighted by Crippen LogP contribution is -2.54. The molecule has 1 unspecified atom stereocenters. The zero-order valence-corrected chi connectivity index (χ0v) is 12.0. The van der Waals surface area contributed by atoms with Crippen molar-refractivity contribution >= 4 is 11.7 Å². The zero-order chi connectivity index (χ0) is 14.5. The van der Waals surface area contributed by atoms with Gasteiger partial charge in [0.1, 0.15) is 12.1 Å². The third-order valence-electron chi connectivity index (χ3n) is 3.71. The minimum absolute atomic E-state index is 0.00860. The number of hydrogen-bond donors (Lipinski definition) is 2. The minimum atomic E-state index is 0.00860. The highest BCUT2D eigenvalue weighted by molar-refractivity contribution is 5.85. The van der Waals surface area contributed by atoms with Gasteiger partial charge in [-0.3, -0.25) is 4.90 Å². The number of piperazine rings is 1. The van der Waals surface area contributed by atoms with Crippen molar-refractivity contribution in [2.24, 2.45) is 10.9 Å². The van der Waals surface area contributed by atoms with Gasteiger partial charge in [0, 0.05) is 37.9 Å². The molecule has 0 saturated carbocycles. The summed E-state index contributed by atoms with van der Waals surface area (Å²) < 4.78 is 0. The van der Waals surface area contributed by atoms with Crippen molar-refractivity contribution in [3.05, 3.63) is 18.1 Å². The van der Waals surface area contributed by atoms with E-state index >= 15 is 0 Å². The Balaban J connectivity index is 1.98. The summed E-state index contributed by atoms with van der Waals surface area (Å²) in [5.74, 6) is 1.26. The molecule has 0 spiro atoms. The van der Waals surface area contributed by atoms with E-state index in [4.69, 9.17) is 10.9 Å². The summed E-state index contributed by atoms with van der Waals surface area (Å²) in [5.41, 5.74) is 6.72. The molecule has 7 nitrogen and oxygen atoms in total. The largest absolute Gasteiger partial charge is 0.409 e. The van der Waals surface area contributed by atoms with Gasteiger partial charge in [0.05, 0.1) is 6.04 Å². The van der Waals surface area contributed by atoms with Crippen LogP contribution in [0.2, 0.25) is 0 Å². The summed E-state index contributed by atoms with van der Waals surface area (Å²) in [7, 11) is 0. The van der Waals surface area contributed by atoms with Crippen molar-refractivity contribution in [3.8, 4) is 0 Å². The van der Waals surface area contributed by atoms with Crippen LogP contribution >= 0.6 is 0 Å². The second-order valence-electron chi connectivity index (χ2n) is 4.99. The first kappa shape index (κ1) is 14.5. The Labute approximate surface area is 119 Å². The fourth-order valence-corrected chi connectivity index (χ4v) is 2.60. The molecule has 7 heteroatoms. The summed E-state index contributed by atoms with van der Waals surface area (Å²) in [6.07, 6.45) is 2.44. The van der Waals surface area contributed by atoms with E-state index in [2.05, 4.69) is 24.9 Å². The van der Waals surface area contributed by atoms with Crippen LogP contribution in [0.1, 0.15) is 19.0 Å². The molecule has 110 valence electrons. The summed E-state index contributed by atoms with van der Waals surface area (Å²) >= 11 is 0. The van der Waals surface area contributed by atoms with Gasteiger partial charge in [0.15, 0.2) is 5.84 Å². The maximum atomic E-state index is 8.84. The molecule has 1 fully saturated rings. The standard InChI is InChI=1S/C13H22N6O/c1-3-11(13(14)17-20)18-4-6-19(7-5-18)12-8-10(2)15-9-16-12/h8-9,11,20H,3-7H2,1-2H3,(H2,14,17). The lowest BCUT2D eigenvalue weighted by atomic mass is 10.1. The van der Waals surface area contributed by atoms with Crippen LogP contribution in [0, 0.1) is 6.92 Å². The van der Waals surface area contributed by atoms with E-state index in [1.807, 2.05) is 19.9 Å². The fourth-order valence-electron chi connectivity index (χ4n) is 2.60. The first-order valence-corrected chi connectivity index (χ1v) is 6.90. The van der Waals surface area contributed by atoms with Gasteiger partial charge < -0.3 is 15.8 Å². The Hall–Kier alpha value is -1.89. The van der Waals surface area contributed by atoms with Crippen LogP contribution in [0.25, 0.3) is 0 Å². The molecule has 2 heterocycles. The molecule has 0 bridgehead atoms. The highest BCUT2D eigenvalue weighted by atomic mass is 16.4. The maximum absolute atomic E-state index is 8.84. The van der Waals surface area contributed by atoms with Crippen LogP contribution in [-0.2, 0) is 0 Å². The Bertz CT molecular complexity index is 470. The van der Waals surface area contributed by atoms with E-state index in [-0.39, 0.29) is 6.04 Å². The van der Waals surface area contributed by atoms with Crippen molar-refractivity contribution in [3.63, 3.8) is 0 Å². The smallest absolute Gasteiger partial charge is 0.156 e. The van der Waals surface area contributed by atoms with Gasteiger partial charge in [-0.1, -0.05) is 12.1 Å². The predicted octanol–water partition coefficient (Wildman–Crippen LogP) is 0.432. The average molecular weight is 278 g/mol. The molecule has 3 N–H and O–H groups in total. The van der Waals surface area contributed by atoms with E-state index in [0.717, 1.165) is 44.1 Å². The Kier molecular flexibility index (Phi) is 4.73. The summed E-state index contributed by atoms with van der Waals surface area (Å²) in [5, 5.41) is 12.0. The number of nitrogens with two attached hydrogens (primary N) is 1. The fraction of sp³-hybridized carbons (Fsp3) is 0.615. The molecule has 0 aromatic carbocycles. The van der Waals surface area contributed by atoms with Crippen LogP contribution < -0.4 is 10.6 Å². The van der Waals surface area contributed by atoms with Gasteiger partial charge in [0.2, 0.25) is 0 Å². The minimum Gasteiger partial charge on any atom is -0.409 e. The van der Waals surface area contributed by atoms with Crippen molar-refractivity contribution in [1.82, 2.24) is 14.9 Å². The molecular formula is C13H22N6O. The highest BCUT2D eigenvalue weighted by Crippen LogP contribution is 2.16. The molecule has 1 aliphatic rings. The number of aromatic nitrogens is 2. The number of aryl methyl sites for hydroxylation is 1. The Morgan fingerprint density at radius 1 is 1.40 bits per heavy atom. The van der Waals surface area contributed by atoms with Gasteiger partial charge >= 0.3 is 0 Å². The number of anilines is 1. The lowest BCUT2D eigenvalue weighted by Gasteiger charge is -2.38. The summed E-state index contributed by atoms with van der Waals surface area (Å²) in [6.45, 7) is 7.52. The Morgan fingerprint density at radius 3 is 2.65 bits per heavy atom. The van der Waals surface area contributed by atoms with Gasteiger partial charge in [-0.2, -0.15) is 0 Å². The zero-order valence-electron chi connectivity index (χ0n) is 12.0. The summed E-state index contributed by atoms with van der Waals surface area (Å²) in [6, 6.07) is 2.01. The van der Waals surface area contributed by atoms with Crippen molar-refractivity contribution in [2.75, 3.05) is 31.1 Å². The van der Waals surface area contributed by atoms with Crippen LogP contribution in [-0.4, -0.2) is 58.1 Å². The lowest BCUT2D eigenvalue weighted by molar-refractivity contribution is 0.215. The number of hydrogen-bond acceptors (Lipinski definition) is 6. The van der Waals surface area contributed by atoms with Crippen LogP contribution in [0.15, 0.2) is 17.5 Å². The second-order valence-corrected chi connectivity index (χ2v) is 4.99. The Morgan fingerprint density at radius 2 is 2.10 bits per heavy atom. The molecule has 0 amide bonds.